The number of rotatable bonds is 7. The summed E-state index contributed by atoms with van der Waals surface area (Å²) in [5, 5.41) is 7.82. The Morgan fingerprint density at radius 1 is 1.26 bits per heavy atom. The van der Waals surface area contributed by atoms with Gasteiger partial charge in [-0.1, -0.05) is 12.1 Å². The maximum absolute atomic E-state index is 4.65. The number of thioether (sulfide) groups is 1. The number of nitrogens with zero attached hydrogens (tertiary/aromatic N) is 2. The summed E-state index contributed by atoms with van der Waals surface area (Å²) in [5.41, 5.74) is 1.22. The van der Waals surface area contributed by atoms with Crippen molar-refractivity contribution in [1.82, 2.24) is 15.6 Å². The molecule has 2 aromatic rings. The molecule has 1 heterocycles. The Bertz CT molecular complexity index is 620. The van der Waals surface area contributed by atoms with E-state index >= 15 is 0 Å². The average molecular weight is 349 g/mol. The molecule has 0 aliphatic rings. The Kier molecular flexibility index (Phi) is 7.42. The summed E-state index contributed by atoms with van der Waals surface area (Å²) in [6, 6.07) is 8.55. The molecule has 0 amide bonds. The van der Waals surface area contributed by atoms with Crippen molar-refractivity contribution in [2.24, 2.45) is 4.99 Å². The zero-order valence-corrected chi connectivity index (χ0v) is 15.6. The molecule has 124 valence electrons. The van der Waals surface area contributed by atoms with Crippen molar-refractivity contribution in [2.75, 3.05) is 19.3 Å². The van der Waals surface area contributed by atoms with Gasteiger partial charge in [-0.15, -0.1) is 23.1 Å². The van der Waals surface area contributed by atoms with Crippen molar-refractivity contribution in [3.63, 3.8) is 0 Å². The lowest BCUT2D eigenvalue weighted by molar-refractivity contribution is 0.796. The molecule has 0 saturated carbocycles. The normalized spacial score (nSPS) is 11.5. The van der Waals surface area contributed by atoms with Gasteiger partial charge in [0.25, 0.3) is 0 Å². The molecule has 1 aromatic carbocycles. The van der Waals surface area contributed by atoms with Crippen molar-refractivity contribution < 1.29 is 0 Å². The predicted octanol–water partition coefficient (Wildman–Crippen LogP) is 3.47. The second-order valence-electron chi connectivity index (χ2n) is 5.08. The van der Waals surface area contributed by atoms with Crippen LogP contribution < -0.4 is 10.6 Å². The van der Waals surface area contributed by atoms with Crippen LogP contribution in [0, 0.1) is 6.92 Å². The number of aryl methyl sites for hydroxylation is 1. The highest BCUT2D eigenvalue weighted by atomic mass is 32.2. The van der Waals surface area contributed by atoms with Gasteiger partial charge in [-0.05, 0) is 37.8 Å². The molecule has 6 heteroatoms. The monoisotopic (exact) mass is 348 g/mol. The van der Waals surface area contributed by atoms with E-state index in [4.69, 9.17) is 0 Å². The predicted molar refractivity (Wildman–Crippen MR) is 102 cm³/mol. The lowest BCUT2D eigenvalue weighted by Crippen LogP contribution is -2.38. The Morgan fingerprint density at radius 3 is 2.65 bits per heavy atom. The topological polar surface area (TPSA) is 49.3 Å². The fourth-order valence-corrected chi connectivity index (χ4v) is 3.24. The van der Waals surface area contributed by atoms with Gasteiger partial charge in [-0.25, -0.2) is 9.98 Å². The molecule has 0 saturated heterocycles. The molecule has 2 rings (SSSR count). The Balaban J connectivity index is 1.85. The van der Waals surface area contributed by atoms with Gasteiger partial charge in [0.05, 0.1) is 11.6 Å². The zero-order valence-electron chi connectivity index (χ0n) is 13.9. The minimum atomic E-state index is 0.681. The van der Waals surface area contributed by atoms with Gasteiger partial charge in [-0.2, -0.15) is 0 Å². The van der Waals surface area contributed by atoms with Gasteiger partial charge >= 0.3 is 0 Å². The number of hydrogen-bond donors (Lipinski definition) is 2. The van der Waals surface area contributed by atoms with E-state index in [1.165, 1.54) is 20.3 Å². The van der Waals surface area contributed by atoms with Crippen LogP contribution in [0.4, 0.5) is 0 Å². The van der Waals surface area contributed by atoms with Crippen LogP contribution in [0.1, 0.15) is 22.4 Å². The van der Waals surface area contributed by atoms with Crippen molar-refractivity contribution in [2.45, 2.75) is 31.7 Å². The van der Waals surface area contributed by atoms with E-state index < -0.39 is 0 Å². The van der Waals surface area contributed by atoms with Crippen molar-refractivity contribution >= 4 is 29.1 Å². The third-order valence-electron chi connectivity index (χ3n) is 3.22. The van der Waals surface area contributed by atoms with Crippen LogP contribution in [0.5, 0.6) is 0 Å². The van der Waals surface area contributed by atoms with Gasteiger partial charge in [0, 0.05) is 35.5 Å². The molecule has 0 aliphatic carbocycles. The van der Waals surface area contributed by atoms with Crippen molar-refractivity contribution in [3.8, 4) is 0 Å². The first-order valence-electron chi connectivity index (χ1n) is 7.77. The summed E-state index contributed by atoms with van der Waals surface area (Å²) >= 11 is 3.51. The van der Waals surface area contributed by atoms with Crippen LogP contribution in [0.25, 0.3) is 0 Å². The summed E-state index contributed by atoms with van der Waals surface area (Å²) in [4.78, 5) is 11.6. The highest BCUT2D eigenvalue weighted by Crippen LogP contribution is 2.15. The van der Waals surface area contributed by atoms with E-state index in [1.54, 1.807) is 23.1 Å². The number of guanidine groups is 1. The fourth-order valence-electron chi connectivity index (χ4n) is 2.05. The second-order valence-corrected chi connectivity index (χ2v) is 7.28. The Labute approximate surface area is 146 Å². The number of aliphatic imine (C=N–C) groups is 1. The van der Waals surface area contributed by atoms with Gasteiger partial charge in [-0.3, -0.25) is 0 Å². The first-order valence-corrected chi connectivity index (χ1v) is 9.81. The molecule has 0 radical (unpaired) electrons. The quantitative estimate of drug-likeness (QED) is 0.457. The van der Waals surface area contributed by atoms with Gasteiger partial charge < -0.3 is 10.6 Å². The van der Waals surface area contributed by atoms with E-state index in [-0.39, 0.29) is 0 Å². The lowest BCUT2D eigenvalue weighted by Gasteiger charge is -2.10. The highest BCUT2D eigenvalue weighted by Gasteiger charge is 2.01. The van der Waals surface area contributed by atoms with Crippen LogP contribution in [-0.2, 0) is 13.0 Å². The molecule has 0 fully saturated rings. The maximum atomic E-state index is 4.65. The highest BCUT2D eigenvalue weighted by molar-refractivity contribution is 7.98. The van der Waals surface area contributed by atoms with E-state index in [0.29, 0.717) is 6.54 Å². The number of aromatic nitrogens is 1. The molecule has 1 aromatic heterocycles. The van der Waals surface area contributed by atoms with Crippen molar-refractivity contribution in [3.05, 3.63) is 45.9 Å². The largest absolute Gasteiger partial charge is 0.357 e. The SMILES string of the molecule is CCNC(=NCc1ccc(SC)cc1)NCCc1ncc(C)s1. The maximum Gasteiger partial charge on any atom is 0.191 e. The molecular weight excluding hydrogens is 324 g/mol. The van der Waals surface area contributed by atoms with E-state index in [0.717, 1.165) is 25.5 Å². The first kappa shape index (κ1) is 17.8. The van der Waals surface area contributed by atoms with Gasteiger partial charge in [0.2, 0.25) is 0 Å². The third-order valence-corrected chi connectivity index (χ3v) is 4.94. The van der Waals surface area contributed by atoms with Gasteiger partial charge in [0.1, 0.15) is 0 Å². The molecule has 0 spiro atoms. The number of hydrogen-bond acceptors (Lipinski definition) is 4. The molecule has 0 aliphatic heterocycles. The van der Waals surface area contributed by atoms with E-state index in [1.807, 2.05) is 6.20 Å². The number of benzene rings is 1. The standard InChI is InChI=1S/C17H24N4S2/c1-4-18-17(19-10-9-16-20-11-13(2)23-16)21-12-14-5-7-15(22-3)8-6-14/h5-8,11H,4,9-10,12H2,1-3H3,(H2,18,19,21). The van der Waals surface area contributed by atoms with E-state index in [9.17, 15) is 0 Å². The molecule has 0 bridgehead atoms. The van der Waals surface area contributed by atoms with Crippen LogP contribution >= 0.6 is 23.1 Å². The van der Waals surface area contributed by atoms with E-state index in [2.05, 4.69) is 65.0 Å². The smallest absolute Gasteiger partial charge is 0.191 e. The third kappa shape index (κ3) is 6.23. The second kappa shape index (κ2) is 9.57. The Hall–Kier alpha value is -1.53. The summed E-state index contributed by atoms with van der Waals surface area (Å²) in [7, 11) is 0. The zero-order chi connectivity index (χ0) is 16.5. The molecule has 23 heavy (non-hydrogen) atoms. The average Bonchev–Trinajstić information content (AvgIpc) is 2.98. The molecule has 0 unspecified atom stereocenters. The minimum Gasteiger partial charge on any atom is -0.357 e. The molecular formula is C17H24N4S2. The summed E-state index contributed by atoms with van der Waals surface area (Å²) in [5.74, 6) is 0.856. The lowest BCUT2D eigenvalue weighted by atomic mass is 10.2. The summed E-state index contributed by atoms with van der Waals surface area (Å²) in [6.07, 6.45) is 4.94. The van der Waals surface area contributed by atoms with Crippen molar-refractivity contribution in [1.29, 1.82) is 0 Å². The minimum absolute atomic E-state index is 0.681. The summed E-state index contributed by atoms with van der Waals surface area (Å²) < 4.78 is 0. The fraction of sp³-hybridized carbons (Fsp3) is 0.412. The first-order chi connectivity index (χ1) is 11.2. The molecule has 2 N–H and O–H groups in total. The summed E-state index contributed by atoms with van der Waals surface area (Å²) in [6.45, 7) is 6.54. The number of thiazole rings is 1. The molecule has 0 atom stereocenters. The van der Waals surface area contributed by atoms with Crippen LogP contribution in [0.2, 0.25) is 0 Å². The number of nitrogens with one attached hydrogen (secondary N) is 2. The van der Waals surface area contributed by atoms with Gasteiger partial charge in [0.15, 0.2) is 5.96 Å². The van der Waals surface area contributed by atoms with Crippen LogP contribution in [-0.4, -0.2) is 30.3 Å². The van der Waals surface area contributed by atoms with Crippen LogP contribution in [0.3, 0.4) is 0 Å². The van der Waals surface area contributed by atoms with Crippen LogP contribution in [0.15, 0.2) is 40.4 Å². The molecule has 4 nitrogen and oxygen atoms in total. The Morgan fingerprint density at radius 2 is 2.04 bits per heavy atom.